The summed E-state index contributed by atoms with van der Waals surface area (Å²) in [5.41, 5.74) is 3.46. The number of nitrogens with zero attached hydrogens (tertiary/aromatic N) is 1. The molecule has 168 valence electrons. The van der Waals surface area contributed by atoms with Gasteiger partial charge in [-0.15, -0.1) is 0 Å². The van der Waals surface area contributed by atoms with Gasteiger partial charge >= 0.3 is 0 Å². The molecule has 0 aliphatic heterocycles. The Labute approximate surface area is 194 Å². The lowest BCUT2D eigenvalue weighted by atomic mass is 10.1. The van der Waals surface area contributed by atoms with Crippen LogP contribution < -0.4 is 10.1 Å². The van der Waals surface area contributed by atoms with Crippen LogP contribution in [-0.2, 0) is 13.0 Å². The van der Waals surface area contributed by atoms with Crippen molar-refractivity contribution < 1.29 is 13.9 Å². The Hall–Kier alpha value is -3.86. The van der Waals surface area contributed by atoms with Crippen LogP contribution in [0.1, 0.15) is 40.7 Å². The highest BCUT2D eigenvalue weighted by Gasteiger charge is 2.14. The summed E-state index contributed by atoms with van der Waals surface area (Å²) in [7, 11) is 0. The van der Waals surface area contributed by atoms with Gasteiger partial charge in [0.05, 0.1) is 0 Å². The lowest BCUT2D eigenvalue weighted by molar-refractivity contribution is 0.0938. The number of aromatic nitrogens is 1. The van der Waals surface area contributed by atoms with Crippen LogP contribution in [0.4, 0.5) is 0 Å². The number of carbonyl (C=O) groups is 1. The standard InChI is InChI=1S/C28H28N2O3/c1-20(13-14-22-9-5-3-6-10-22)29-27(31)23-15-17-24(18-16-23)28-30-26(21(2)33-28)19-32-25-11-7-4-8-12-25/h3-12,15-18,20H,13-14,19H2,1-2H3,(H,29,31)/t20-/m0/s1. The number of benzene rings is 3. The first-order valence-electron chi connectivity index (χ1n) is 11.2. The molecule has 0 aliphatic carbocycles. The van der Waals surface area contributed by atoms with Crippen LogP contribution in [0.25, 0.3) is 11.5 Å². The minimum atomic E-state index is -0.0809. The normalized spacial score (nSPS) is 11.7. The number of oxazole rings is 1. The number of rotatable bonds is 9. The second-order valence-electron chi connectivity index (χ2n) is 8.10. The lowest BCUT2D eigenvalue weighted by Gasteiger charge is -2.14. The molecule has 0 radical (unpaired) electrons. The van der Waals surface area contributed by atoms with E-state index in [-0.39, 0.29) is 11.9 Å². The zero-order valence-electron chi connectivity index (χ0n) is 19.0. The van der Waals surface area contributed by atoms with E-state index in [4.69, 9.17) is 9.15 Å². The number of aryl methyl sites for hydroxylation is 2. The topological polar surface area (TPSA) is 64.4 Å². The van der Waals surface area contributed by atoms with Crippen LogP contribution in [0.5, 0.6) is 5.75 Å². The van der Waals surface area contributed by atoms with E-state index >= 15 is 0 Å². The lowest BCUT2D eigenvalue weighted by Crippen LogP contribution is -2.32. The predicted octanol–water partition coefficient (Wildman–Crippen LogP) is 5.98. The summed E-state index contributed by atoms with van der Waals surface area (Å²) in [4.78, 5) is 17.2. The molecule has 1 aromatic heterocycles. The molecule has 0 spiro atoms. The summed E-state index contributed by atoms with van der Waals surface area (Å²) < 4.78 is 11.6. The van der Waals surface area contributed by atoms with Gasteiger partial charge in [-0.1, -0.05) is 48.5 Å². The van der Waals surface area contributed by atoms with Crippen molar-refractivity contribution in [1.29, 1.82) is 0 Å². The third kappa shape index (κ3) is 6.10. The zero-order valence-corrected chi connectivity index (χ0v) is 19.0. The van der Waals surface area contributed by atoms with E-state index in [9.17, 15) is 4.79 Å². The fourth-order valence-corrected chi connectivity index (χ4v) is 3.53. The number of para-hydroxylation sites is 1. The van der Waals surface area contributed by atoms with Gasteiger partial charge in [0.1, 0.15) is 23.8 Å². The molecular formula is C28H28N2O3. The molecule has 4 rings (SSSR count). The minimum Gasteiger partial charge on any atom is -0.487 e. The Morgan fingerprint density at radius 3 is 2.33 bits per heavy atom. The van der Waals surface area contributed by atoms with Crippen molar-refractivity contribution in [3.63, 3.8) is 0 Å². The maximum atomic E-state index is 12.6. The molecule has 1 amide bonds. The summed E-state index contributed by atoms with van der Waals surface area (Å²) >= 11 is 0. The van der Waals surface area contributed by atoms with Crippen molar-refractivity contribution in [3.05, 3.63) is 108 Å². The van der Waals surface area contributed by atoms with Gasteiger partial charge in [-0.3, -0.25) is 4.79 Å². The smallest absolute Gasteiger partial charge is 0.251 e. The molecule has 5 nitrogen and oxygen atoms in total. The number of amides is 1. The van der Waals surface area contributed by atoms with Gasteiger partial charge in [0, 0.05) is 17.2 Å². The highest BCUT2D eigenvalue weighted by Crippen LogP contribution is 2.23. The second-order valence-corrected chi connectivity index (χ2v) is 8.10. The van der Waals surface area contributed by atoms with Gasteiger partial charge in [-0.05, 0) is 68.7 Å². The van der Waals surface area contributed by atoms with E-state index in [1.54, 1.807) is 12.1 Å². The highest BCUT2D eigenvalue weighted by atomic mass is 16.5. The van der Waals surface area contributed by atoms with E-state index in [1.165, 1.54) is 5.56 Å². The molecule has 1 atom stereocenters. The van der Waals surface area contributed by atoms with Gasteiger partial charge in [-0.2, -0.15) is 0 Å². The molecule has 0 bridgehead atoms. The van der Waals surface area contributed by atoms with Crippen LogP contribution in [0.2, 0.25) is 0 Å². The van der Waals surface area contributed by atoms with Crippen LogP contribution in [0.15, 0.2) is 89.3 Å². The first kappa shape index (κ1) is 22.3. The molecule has 0 unspecified atom stereocenters. The number of carbonyl (C=O) groups excluding carboxylic acids is 1. The Morgan fingerprint density at radius 2 is 1.64 bits per heavy atom. The predicted molar refractivity (Wildman–Crippen MR) is 129 cm³/mol. The van der Waals surface area contributed by atoms with Gasteiger partial charge in [0.25, 0.3) is 5.91 Å². The Balaban J connectivity index is 1.33. The summed E-state index contributed by atoms with van der Waals surface area (Å²) in [5, 5.41) is 3.08. The Morgan fingerprint density at radius 1 is 0.970 bits per heavy atom. The first-order chi connectivity index (χ1) is 16.1. The quantitative estimate of drug-likeness (QED) is 0.348. The average molecular weight is 441 g/mol. The van der Waals surface area contributed by atoms with E-state index in [0.717, 1.165) is 35.6 Å². The van der Waals surface area contributed by atoms with Crippen LogP contribution in [0, 0.1) is 6.92 Å². The molecule has 5 heteroatoms. The maximum Gasteiger partial charge on any atom is 0.251 e. The molecule has 4 aromatic rings. The largest absolute Gasteiger partial charge is 0.487 e. The molecule has 1 N–H and O–H groups in total. The Bertz CT molecular complexity index is 1170. The van der Waals surface area contributed by atoms with Crippen LogP contribution in [-0.4, -0.2) is 16.9 Å². The van der Waals surface area contributed by atoms with Crippen molar-refractivity contribution in [2.45, 2.75) is 39.3 Å². The molecule has 1 heterocycles. The molecule has 0 saturated heterocycles. The monoisotopic (exact) mass is 440 g/mol. The van der Waals surface area contributed by atoms with E-state index in [2.05, 4.69) is 22.4 Å². The van der Waals surface area contributed by atoms with Crippen molar-refractivity contribution in [2.24, 2.45) is 0 Å². The van der Waals surface area contributed by atoms with E-state index in [1.807, 2.05) is 74.5 Å². The number of nitrogens with one attached hydrogen (secondary N) is 1. The molecule has 3 aromatic carbocycles. The molecule has 0 saturated carbocycles. The van der Waals surface area contributed by atoms with Crippen molar-refractivity contribution in [3.8, 4) is 17.2 Å². The molecule has 0 fully saturated rings. The summed E-state index contributed by atoms with van der Waals surface area (Å²) in [6, 6.07) is 27.3. The maximum absolute atomic E-state index is 12.6. The molecular weight excluding hydrogens is 412 g/mol. The number of hydrogen-bond donors (Lipinski definition) is 1. The molecule has 0 aliphatic rings. The van der Waals surface area contributed by atoms with Crippen molar-refractivity contribution >= 4 is 5.91 Å². The van der Waals surface area contributed by atoms with Crippen molar-refractivity contribution in [2.75, 3.05) is 0 Å². The van der Waals surface area contributed by atoms with E-state index < -0.39 is 0 Å². The zero-order chi connectivity index (χ0) is 23.0. The summed E-state index contributed by atoms with van der Waals surface area (Å²) in [6.45, 7) is 4.24. The third-order valence-electron chi connectivity index (χ3n) is 5.49. The van der Waals surface area contributed by atoms with Gasteiger partial charge in [0.15, 0.2) is 0 Å². The second kappa shape index (κ2) is 10.6. The van der Waals surface area contributed by atoms with Crippen LogP contribution >= 0.6 is 0 Å². The first-order valence-corrected chi connectivity index (χ1v) is 11.2. The number of hydrogen-bond acceptors (Lipinski definition) is 4. The van der Waals surface area contributed by atoms with Gasteiger partial charge in [-0.25, -0.2) is 4.98 Å². The average Bonchev–Trinajstić information content (AvgIpc) is 3.23. The summed E-state index contributed by atoms with van der Waals surface area (Å²) in [6.07, 6.45) is 1.82. The van der Waals surface area contributed by atoms with Crippen LogP contribution in [0.3, 0.4) is 0 Å². The van der Waals surface area contributed by atoms with E-state index in [0.29, 0.717) is 18.1 Å². The Kier molecular flexibility index (Phi) is 7.20. The fraction of sp³-hybridized carbons (Fsp3) is 0.214. The van der Waals surface area contributed by atoms with Crippen molar-refractivity contribution in [1.82, 2.24) is 10.3 Å². The number of ether oxygens (including phenoxy) is 1. The third-order valence-corrected chi connectivity index (χ3v) is 5.49. The van der Waals surface area contributed by atoms with Gasteiger partial charge in [0.2, 0.25) is 5.89 Å². The van der Waals surface area contributed by atoms with Gasteiger partial charge < -0.3 is 14.5 Å². The minimum absolute atomic E-state index is 0.0809. The summed E-state index contributed by atoms with van der Waals surface area (Å²) in [5.74, 6) is 1.94. The SMILES string of the molecule is Cc1oc(-c2ccc(C(=O)N[C@@H](C)CCc3ccccc3)cc2)nc1COc1ccccc1. The highest BCUT2D eigenvalue weighted by molar-refractivity contribution is 5.94. The fourth-order valence-electron chi connectivity index (χ4n) is 3.53. The molecule has 33 heavy (non-hydrogen) atoms.